The van der Waals surface area contributed by atoms with E-state index < -0.39 is 47.7 Å². The lowest BCUT2D eigenvalue weighted by Gasteiger charge is -2.32. The molecule has 0 saturated carbocycles. The zero-order valence-corrected chi connectivity index (χ0v) is 15.0. The highest BCUT2D eigenvalue weighted by atomic mass is 16.6. The Morgan fingerprint density at radius 1 is 1.42 bits per heavy atom. The molecule has 3 aliphatic rings. The first-order chi connectivity index (χ1) is 12.0. The molecule has 1 N–H and O–H groups in total. The van der Waals surface area contributed by atoms with Crippen molar-refractivity contribution in [1.82, 2.24) is 0 Å². The third-order valence-electron chi connectivity index (χ3n) is 5.30. The fraction of sp³-hybridized carbons (Fsp3) is 0.526. The van der Waals surface area contributed by atoms with Crippen LogP contribution in [0.15, 0.2) is 36.1 Å². The fourth-order valence-electron chi connectivity index (χ4n) is 3.63. The van der Waals surface area contributed by atoms with Gasteiger partial charge in [-0.1, -0.05) is 20.1 Å². The Morgan fingerprint density at radius 3 is 2.69 bits per heavy atom. The summed E-state index contributed by atoms with van der Waals surface area (Å²) in [6.07, 6.45) is -1.70. The Bertz CT molecular complexity index is 749. The smallest absolute Gasteiger partial charge is 0.334 e. The molecule has 2 saturated heterocycles. The predicted octanol–water partition coefficient (Wildman–Crippen LogP) is 1.21. The van der Waals surface area contributed by atoms with Gasteiger partial charge in [-0.05, 0) is 13.8 Å². The van der Waals surface area contributed by atoms with Crippen LogP contribution >= 0.6 is 0 Å². The van der Waals surface area contributed by atoms with E-state index in [0.717, 1.165) is 0 Å². The second-order valence-corrected chi connectivity index (χ2v) is 7.37. The maximum Gasteiger partial charge on any atom is 0.334 e. The van der Waals surface area contributed by atoms with Gasteiger partial charge in [0.25, 0.3) is 0 Å². The minimum absolute atomic E-state index is 0.0713. The summed E-state index contributed by atoms with van der Waals surface area (Å²) in [5, 5.41) is 10.9. The van der Waals surface area contributed by atoms with Crippen LogP contribution in [-0.2, 0) is 28.6 Å². The van der Waals surface area contributed by atoms with Crippen LogP contribution in [-0.4, -0.2) is 46.7 Å². The lowest BCUT2D eigenvalue weighted by molar-refractivity contribution is -0.158. The van der Waals surface area contributed by atoms with Gasteiger partial charge in [0.05, 0.1) is 5.92 Å². The number of hydrogen-bond acceptors (Lipinski definition) is 7. The molecule has 0 aromatic heterocycles. The molecule has 3 rings (SSSR count). The molecule has 6 atom stereocenters. The van der Waals surface area contributed by atoms with E-state index >= 15 is 0 Å². The Morgan fingerprint density at radius 2 is 2.08 bits per heavy atom. The molecule has 7 nitrogen and oxygen atoms in total. The van der Waals surface area contributed by atoms with Crippen LogP contribution < -0.4 is 0 Å². The number of rotatable bonds is 2. The van der Waals surface area contributed by atoms with Crippen molar-refractivity contribution in [2.45, 2.75) is 51.1 Å². The monoisotopic (exact) mass is 362 g/mol. The average molecular weight is 362 g/mol. The van der Waals surface area contributed by atoms with Crippen molar-refractivity contribution in [2.75, 3.05) is 0 Å². The lowest BCUT2D eigenvalue weighted by atomic mass is 9.79. The highest BCUT2D eigenvalue weighted by molar-refractivity contribution is 5.99. The maximum atomic E-state index is 12.4. The topological polar surface area (TPSA) is 99.1 Å². The maximum absolute atomic E-state index is 12.4. The van der Waals surface area contributed by atoms with Crippen LogP contribution in [0.1, 0.15) is 27.2 Å². The molecule has 2 fully saturated rings. The Labute approximate surface area is 151 Å². The van der Waals surface area contributed by atoms with Crippen LogP contribution in [0.5, 0.6) is 0 Å². The Kier molecular flexibility index (Phi) is 4.30. The normalized spacial score (nSPS) is 39.0. The van der Waals surface area contributed by atoms with Crippen molar-refractivity contribution in [3.8, 4) is 0 Å². The van der Waals surface area contributed by atoms with Gasteiger partial charge in [0.1, 0.15) is 24.1 Å². The summed E-state index contributed by atoms with van der Waals surface area (Å²) >= 11 is 0. The number of ketones is 1. The first-order valence-corrected chi connectivity index (χ1v) is 8.44. The number of ether oxygens (including phenoxy) is 3. The summed E-state index contributed by atoms with van der Waals surface area (Å²) in [5.74, 6) is -2.68. The van der Waals surface area contributed by atoms with Crippen molar-refractivity contribution in [1.29, 1.82) is 0 Å². The molecule has 3 heterocycles. The highest BCUT2D eigenvalue weighted by Crippen LogP contribution is 2.44. The zero-order valence-electron chi connectivity index (χ0n) is 15.0. The zero-order chi connectivity index (χ0) is 19.4. The van der Waals surface area contributed by atoms with Crippen molar-refractivity contribution < 1.29 is 33.7 Å². The molecule has 140 valence electrons. The summed E-state index contributed by atoms with van der Waals surface area (Å²) in [5.41, 5.74) is -0.940. The molecular weight excluding hydrogens is 340 g/mol. The summed E-state index contributed by atoms with van der Waals surface area (Å²) in [7, 11) is 0. The third-order valence-corrected chi connectivity index (χ3v) is 5.30. The SMILES string of the molecule is C=C(C)C(=O)OC1C(O)C(C)C2=CC(=O)C(C)(CC3OC(=O)C(=C)C31)O2. The van der Waals surface area contributed by atoms with Gasteiger partial charge >= 0.3 is 11.9 Å². The van der Waals surface area contributed by atoms with Crippen molar-refractivity contribution in [3.05, 3.63) is 36.1 Å². The molecule has 0 amide bonds. The van der Waals surface area contributed by atoms with E-state index in [1.54, 1.807) is 13.8 Å². The van der Waals surface area contributed by atoms with Crippen LogP contribution in [0, 0.1) is 11.8 Å². The molecule has 0 spiro atoms. The summed E-state index contributed by atoms with van der Waals surface area (Å²) in [4.78, 5) is 36.6. The molecule has 26 heavy (non-hydrogen) atoms. The number of carbonyl (C=O) groups excluding carboxylic acids is 3. The van der Waals surface area contributed by atoms with Gasteiger partial charge in [-0.25, -0.2) is 9.59 Å². The van der Waals surface area contributed by atoms with E-state index in [4.69, 9.17) is 14.2 Å². The lowest BCUT2D eigenvalue weighted by Crippen LogP contribution is -2.46. The number of aliphatic hydroxyl groups is 1. The quantitative estimate of drug-likeness (QED) is 0.582. The molecule has 0 aromatic rings. The van der Waals surface area contributed by atoms with Gasteiger partial charge in [0.2, 0.25) is 5.78 Å². The molecule has 3 aliphatic heterocycles. The second kappa shape index (κ2) is 6.09. The molecule has 2 bridgehead atoms. The van der Waals surface area contributed by atoms with Crippen LogP contribution in [0.2, 0.25) is 0 Å². The predicted molar refractivity (Wildman–Crippen MR) is 89.6 cm³/mol. The largest absolute Gasteiger partial charge is 0.483 e. The minimum atomic E-state index is -1.23. The van der Waals surface area contributed by atoms with Crippen molar-refractivity contribution in [2.24, 2.45) is 11.8 Å². The van der Waals surface area contributed by atoms with Crippen LogP contribution in [0.4, 0.5) is 0 Å². The molecule has 0 aliphatic carbocycles. The van der Waals surface area contributed by atoms with Crippen molar-refractivity contribution >= 4 is 17.7 Å². The fourth-order valence-corrected chi connectivity index (χ4v) is 3.63. The second-order valence-electron chi connectivity index (χ2n) is 7.37. The van der Waals surface area contributed by atoms with E-state index in [1.807, 2.05) is 0 Å². The van der Waals surface area contributed by atoms with E-state index in [9.17, 15) is 19.5 Å². The van der Waals surface area contributed by atoms with Gasteiger partial charge in [-0.2, -0.15) is 0 Å². The number of carbonyl (C=O) groups is 3. The minimum Gasteiger partial charge on any atom is -0.483 e. The molecular formula is C19H22O7. The van der Waals surface area contributed by atoms with Gasteiger partial charge in [0.15, 0.2) is 5.60 Å². The summed E-state index contributed by atoms with van der Waals surface area (Å²) < 4.78 is 16.7. The van der Waals surface area contributed by atoms with Crippen LogP contribution in [0.25, 0.3) is 0 Å². The molecule has 6 unspecified atom stereocenters. The average Bonchev–Trinajstić information content (AvgIpc) is 3.00. The van der Waals surface area contributed by atoms with E-state index in [-0.39, 0.29) is 23.4 Å². The summed E-state index contributed by atoms with van der Waals surface area (Å²) in [6.45, 7) is 12.1. The molecule has 0 aromatic carbocycles. The Balaban J connectivity index is 2.07. The van der Waals surface area contributed by atoms with Gasteiger partial charge in [-0.3, -0.25) is 4.79 Å². The van der Waals surface area contributed by atoms with Gasteiger partial charge in [0, 0.05) is 29.6 Å². The number of fused-ring (bicyclic) bond motifs is 3. The third kappa shape index (κ3) is 2.76. The van der Waals surface area contributed by atoms with E-state index in [2.05, 4.69) is 13.2 Å². The number of hydrogen-bond donors (Lipinski definition) is 1. The van der Waals surface area contributed by atoms with E-state index in [0.29, 0.717) is 5.76 Å². The van der Waals surface area contributed by atoms with Gasteiger partial charge < -0.3 is 19.3 Å². The first-order valence-electron chi connectivity index (χ1n) is 8.44. The molecule has 0 radical (unpaired) electrons. The van der Waals surface area contributed by atoms with E-state index in [1.165, 1.54) is 13.0 Å². The first kappa shape index (κ1) is 18.4. The number of esters is 2. The highest BCUT2D eigenvalue weighted by Gasteiger charge is 2.56. The standard InChI is InChI=1S/C19H22O7/c1-8(2)17(22)25-16-14-10(4)18(23)24-12(14)7-19(5)13(20)6-11(26-19)9(3)15(16)21/h6,9,12,14-16,21H,1,4,7H2,2-3,5H3. The number of aliphatic hydroxyl groups excluding tert-OH is 1. The van der Waals surface area contributed by atoms with Crippen LogP contribution in [0.3, 0.4) is 0 Å². The van der Waals surface area contributed by atoms with Gasteiger partial charge in [-0.15, -0.1) is 0 Å². The van der Waals surface area contributed by atoms with Crippen molar-refractivity contribution in [3.63, 3.8) is 0 Å². The summed E-state index contributed by atoms with van der Waals surface area (Å²) in [6, 6.07) is 0. The Hall–Kier alpha value is -2.41. The molecule has 7 heteroatoms.